The van der Waals surface area contributed by atoms with Crippen LogP contribution in [0, 0.1) is 0 Å². The van der Waals surface area contributed by atoms with Crippen molar-refractivity contribution in [2.24, 2.45) is 0 Å². The standard InChI is InChI=1S/C21H15NO2/c23-21-14-20(22-19-12-5-4-11-18(19)21)15-7-6-10-17(13-15)24-16-8-2-1-3-9-16/h1-14H,(H,22,23). The molecule has 0 amide bonds. The Balaban J connectivity index is 1.75. The Morgan fingerprint density at radius 3 is 2.33 bits per heavy atom. The number of pyridine rings is 1. The topological polar surface area (TPSA) is 42.1 Å². The summed E-state index contributed by atoms with van der Waals surface area (Å²) in [7, 11) is 0. The molecule has 0 aliphatic heterocycles. The summed E-state index contributed by atoms with van der Waals surface area (Å²) in [4.78, 5) is 15.6. The lowest BCUT2D eigenvalue weighted by Gasteiger charge is -2.08. The fraction of sp³-hybridized carbons (Fsp3) is 0. The zero-order valence-corrected chi connectivity index (χ0v) is 12.9. The quantitative estimate of drug-likeness (QED) is 0.579. The van der Waals surface area contributed by atoms with Crippen molar-refractivity contribution in [1.82, 2.24) is 4.98 Å². The molecule has 0 aliphatic carbocycles. The molecule has 0 unspecified atom stereocenters. The molecule has 4 rings (SSSR count). The number of H-pyrrole nitrogens is 1. The van der Waals surface area contributed by atoms with Gasteiger partial charge < -0.3 is 9.72 Å². The first kappa shape index (κ1) is 14.3. The van der Waals surface area contributed by atoms with Crippen molar-refractivity contribution >= 4 is 10.9 Å². The molecule has 116 valence electrons. The van der Waals surface area contributed by atoms with E-state index in [0.29, 0.717) is 5.39 Å². The van der Waals surface area contributed by atoms with Crippen molar-refractivity contribution in [3.8, 4) is 22.8 Å². The molecule has 0 fully saturated rings. The summed E-state index contributed by atoms with van der Waals surface area (Å²) in [6, 6.07) is 26.5. The number of ether oxygens (including phenoxy) is 1. The van der Waals surface area contributed by atoms with E-state index in [4.69, 9.17) is 4.74 Å². The van der Waals surface area contributed by atoms with Gasteiger partial charge in [-0.1, -0.05) is 42.5 Å². The molecule has 0 spiro atoms. The lowest BCUT2D eigenvalue weighted by Crippen LogP contribution is -2.02. The number of hydrogen-bond acceptors (Lipinski definition) is 2. The zero-order chi connectivity index (χ0) is 16.4. The van der Waals surface area contributed by atoms with Crippen LogP contribution in [0.15, 0.2) is 89.7 Å². The Kier molecular flexibility index (Phi) is 3.60. The first-order chi connectivity index (χ1) is 11.8. The third-order valence-corrected chi connectivity index (χ3v) is 3.86. The van der Waals surface area contributed by atoms with Gasteiger partial charge in [0.25, 0.3) is 0 Å². The number of aromatic amines is 1. The third-order valence-electron chi connectivity index (χ3n) is 3.86. The highest BCUT2D eigenvalue weighted by molar-refractivity contribution is 5.81. The van der Waals surface area contributed by atoms with Crippen LogP contribution in [0.2, 0.25) is 0 Å². The van der Waals surface area contributed by atoms with Gasteiger partial charge in [-0.25, -0.2) is 0 Å². The summed E-state index contributed by atoms with van der Waals surface area (Å²) in [6.45, 7) is 0. The molecule has 0 radical (unpaired) electrons. The summed E-state index contributed by atoms with van der Waals surface area (Å²) in [5.74, 6) is 1.51. The minimum atomic E-state index is 0.00808. The minimum Gasteiger partial charge on any atom is -0.457 e. The second-order valence-electron chi connectivity index (χ2n) is 5.54. The van der Waals surface area contributed by atoms with Gasteiger partial charge in [-0.05, 0) is 36.4 Å². The third kappa shape index (κ3) is 2.79. The Morgan fingerprint density at radius 1 is 0.708 bits per heavy atom. The van der Waals surface area contributed by atoms with Crippen LogP contribution in [0.4, 0.5) is 0 Å². The number of para-hydroxylation sites is 2. The fourth-order valence-electron chi connectivity index (χ4n) is 2.70. The molecule has 0 saturated carbocycles. The van der Waals surface area contributed by atoms with Gasteiger partial charge in [0.1, 0.15) is 11.5 Å². The van der Waals surface area contributed by atoms with Gasteiger partial charge in [0.05, 0.1) is 0 Å². The summed E-state index contributed by atoms with van der Waals surface area (Å²) in [6.07, 6.45) is 0. The molecule has 1 N–H and O–H groups in total. The maximum Gasteiger partial charge on any atom is 0.190 e. The van der Waals surface area contributed by atoms with E-state index >= 15 is 0 Å². The molecule has 24 heavy (non-hydrogen) atoms. The first-order valence-corrected chi connectivity index (χ1v) is 7.75. The van der Waals surface area contributed by atoms with Crippen molar-refractivity contribution in [1.29, 1.82) is 0 Å². The van der Waals surface area contributed by atoms with E-state index in [1.165, 1.54) is 0 Å². The fourth-order valence-corrected chi connectivity index (χ4v) is 2.70. The van der Waals surface area contributed by atoms with Crippen LogP contribution in [0.3, 0.4) is 0 Å². The highest BCUT2D eigenvalue weighted by atomic mass is 16.5. The lowest BCUT2D eigenvalue weighted by atomic mass is 10.1. The molecule has 0 atom stereocenters. The van der Waals surface area contributed by atoms with Crippen molar-refractivity contribution in [2.75, 3.05) is 0 Å². The van der Waals surface area contributed by atoms with Gasteiger partial charge >= 0.3 is 0 Å². The van der Waals surface area contributed by atoms with E-state index < -0.39 is 0 Å². The highest BCUT2D eigenvalue weighted by Crippen LogP contribution is 2.26. The Bertz CT molecular complexity index is 1050. The van der Waals surface area contributed by atoms with Crippen molar-refractivity contribution in [3.63, 3.8) is 0 Å². The Hall–Kier alpha value is -3.33. The molecule has 0 saturated heterocycles. The normalized spacial score (nSPS) is 10.7. The summed E-state index contributed by atoms with van der Waals surface area (Å²) in [5.41, 5.74) is 2.52. The van der Waals surface area contributed by atoms with Crippen LogP contribution in [0.25, 0.3) is 22.2 Å². The molecule has 1 aromatic heterocycles. The molecular weight excluding hydrogens is 298 g/mol. The van der Waals surface area contributed by atoms with E-state index in [1.807, 2.05) is 78.9 Å². The number of nitrogens with one attached hydrogen (secondary N) is 1. The van der Waals surface area contributed by atoms with Crippen LogP contribution < -0.4 is 10.2 Å². The van der Waals surface area contributed by atoms with Crippen molar-refractivity contribution < 1.29 is 4.74 Å². The molecule has 1 heterocycles. The lowest BCUT2D eigenvalue weighted by molar-refractivity contribution is 0.483. The maximum atomic E-state index is 12.3. The zero-order valence-electron chi connectivity index (χ0n) is 12.9. The van der Waals surface area contributed by atoms with Crippen molar-refractivity contribution in [3.05, 3.63) is 95.2 Å². The largest absolute Gasteiger partial charge is 0.457 e. The molecule has 0 aliphatic rings. The first-order valence-electron chi connectivity index (χ1n) is 7.75. The highest BCUT2D eigenvalue weighted by Gasteiger charge is 2.05. The SMILES string of the molecule is O=c1cc(-c2cccc(Oc3ccccc3)c2)[nH]c2ccccc12. The monoisotopic (exact) mass is 313 g/mol. The predicted molar refractivity (Wildman–Crippen MR) is 96.5 cm³/mol. The second-order valence-corrected chi connectivity index (χ2v) is 5.54. The van der Waals surface area contributed by atoms with Gasteiger partial charge in [0.2, 0.25) is 0 Å². The summed E-state index contributed by atoms with van der Waals surface area (Å²) >= 11 is 0. The van der Waals surface area contributed by atoms with Gasteiger partial charge in [0.15, 0.2) is 5.43 Å². The average molecular weight is 313 g/mol. The molecule has 0 bridgehead atoms. The molecular formula is C21H15NO2. The number of rotatable bonds is 3. The van der Waals surface area contributed by atoms with Gasteiger partial charge in [-0.2, -0.15) is 0 Å². The van der Waals surface area contributed by atoms with Gasteiger partial charge in [-0.15, -0.1) is 0 Å². The van der Waals surface area contributed by atoms with E-state index in [0.717, 1.165) is 28.3 Å². The van der Waals surface area contributed by atoms with Crippen LogP contribution in [0.1, 0.15) is 0 Å². The van der Waals surface area contributed by atoms with E-state index in [2.05, 4.69) is 4.98 Å². The average Bonchev–Trinajstić information content (AvgIpc) is 2.63. The second kappa shape index (κ2) is 6.05. The van der Waals surface area contributed by atoms with Gasteiger partial charge in [0, 0.05) is 28.2 Å². The molecule has 3 heteroatoms. The van der Waals surface area contributed by atoms with E-state index in [9.17, 15) is 4.79 Å². The number of hydrogen-bond donors (Lipinski definition) is 1. The van der Waals surface area contributed by atoms with E-state index in [-0.39, 0.29) is 5.43 Å². The maximum absolute atomic E-state index is 12.3. The minimum absolute atomic E-state index is 0.00808. The van der Waals surface area contributed by atoms with E-state index in [1.54, 1.807) is 6.07 Å². The number of benzene rings is 3. The van der Waals surface area contributed by atoms with Gasteiger partial charge in [-0.3, -0.25) is 4.79 Å². The Morgan fingerprint density at radius 2 is 1.46 bits per heavy atom. The van der Waals surface area contributed by atoms with Crippen LogP contribution in [-0.2, 0) is 0 Å². The smallest absolute Gasteiger partial charge is 0.190 e. The van der Waals surface area contributed by atoms with Crippen molar-refractivity contribution in [2.45, 2.75) is 0 Å². The number of fused-ring (bicyclic) bond motifs is 1. The van der Waals surface area contributed by atoms with Crippen LogP contribution in [0.5, 0.6) is 11.5 Å². The number of aromatic nitrogens is 1. The summed E-state index contributed by atoms with van der Waals surface area (Å²) in [5, 5.41) is 0.693. The summed E-state index contributed by atoms with van der Waals surface area (Å²) < 4.78 is 5.87. The van der Waals surface area contributed by atoms with Crippen LogP contribution in [-0.4, -0.2) is 4.98 Å². The molecule has 3 nitrogen and oxygen atoms in total. The predicted octanol–water partition coefficient (Wildman–Crippen LogP) is 4.99. The molecule has 3 aromatic carbocycles. The Labute approximate surface area is 139 Å². The van der Waals surface area contributed by atoms with Crippen LogP contribution >= 0.6 is 0 Å². The molecule has 4 aromatic rings.